The highest BCUT2D eigenvalue weighted by atomic mass is 15.0. The number of benzene rings is 1. The number of aryl methyl sites for hydroxylation is 1. The van der Waals surface area contributed by atoms with Crippen molar-refractivity contribution in [2.45, 2.75) is 25.3 Å². The van der Waals surface area contributed by atoms with Crippen molar-refractivity contribution in [2.24, 2.45) is 0 Å². The summed E-state index contributed by atoms with van der Waals surface area (Å²) in [4.78, 5) is 4.42. The van der Waals surface area contributed by atoms with E-state index in [4.69, 9.17) is 0 Å². The van der Waals surface area contributed by atoms with Crippen LogP contribution in [0.15, 0.2) is 48.7 Å². The molecule has 2 atom stereocenters. The molecule has 1 saturated heterocycles. The largest absolute Gasteiger partial charge is 0.309 e. The molecule has 2 heterocycles. The molecule has 0 aliphatic carbocycles. The molecule has 0 radical (unpaired) electrons. The minimum Gasteiger partial charge on any atom is -0.309 e. The van der Waals surface area contributed by atoms with Crippen molar-refractivity contribution in [1.29, 1.82) is 0 Å². The van der Waals surface area contributed by atoms with Gasteiger partial charge in [-0.15, -0.1) is 0 Å². The first-order valence-corrected chi connectivity index (χ1v) is 6.55. The van der Waals surface area contributed by atoms with Crippen molar-refractivity contribution in [2.75, 3.05) is 6.54 Å². The minimum absolute atomic E-state index is 0.427. The smallest absolute Gasteiger partial charge is 0.0390 e. The lowest BCUT2D eigenvalue weighted by Crippen LogP contribution is -2.17. The van der Waals surface area contributed by atoms with Gasteiger partial charge in [0.25, 0.3) is 0 Å². The second kappa shape index (κ2) is 4.91. The van der Waals surface area contributed by atoms with E-state index in [-0.39, 0.29) is 0 Å². The fraction of sp³-hybridized carbons (Fsp3) is 0.312. The summed E-state index contributed by atoms with van der Waals surface area (Å²) in [5.74, 6) is 0.542. The first kappa shape index (κ1) is 11.4. The molecule has 0 saturated carbocycles. The predicted molar refractivity (Wildman–Crippen MR) is 73.5 cm³/mol. The highest BCUT2D eigenvalue weighted by Crippen LogP contribution is 2.37. The van der Waals surface area contributed by atoms with Gasteiger partial charge in [-0.1, -0.05) is 36.4 Å². The van der Waals surface area contributed by atoms with E-state index in [9.17, 15) is 0 Å². The van der Waals surface area contributed by atoms with Gasteiger partial charge in [0, 0.05) is 23.9 Å². The number of hydrogen-bond acceptors (Lipinski definition) is 2. The molecule has 2 heteroatoms. The Hall–Kier alpha value is -1.67. The zero-order valence-corrected chi connectivity index (χ0v) is 10.6. The third kappa shape index (κ3) is 2.16. The van der Waals surface area contributed by atoms with Crippen LogP contribution in [0.5, 0.6) is 0 Å². The number of pyridine rings is 1. The van der Waals surface area contributed by atoms with Crippen LogP contribution in [0.1, 0.15) is 35.2 Å². The van der Waals surface area contributed by atoms with Crippen LogP contribution in [0.25, 0.3) is 0 Å². The Morgan fingerprint density at radius 3 is 2.61 bits per heavy atom. The fourth-order valence-corrected chi connectivity index (χ4v) is 2.77. The Bertz CT molecular complexity index is 504. The van der Waals surface area contributed by atoms with Gasteiger partial charge in [-0.05, 0) is 37.1 Å². The van der Waals surface area contributed by atoms with Crippen LogP contribution in [0.3, 0.4) is 0 Å². The van der Waals surface area contributed by atoms with Crippen molar-refractivity contribution in [3.8, 4) is 0 Å². The molecule has 1 aliphatic heterocycles. The van der Waals surface area contributed by atoms with Gasteiger partial charge >= 0.3 is 0 Å². The van der Waals surface area contributed by atoms with Crippen LogP contribution in [0, 0.1) is 6.92 Å². The first-order chi connectivity index (χ1) is 8.84. The van der Waals surface area contributed by atoms with Gasteiger partial charge in [0.15, 0.2) is 0 Å². The zero-order chi connectivity index (χ0) is 12.4. The van der Waals surface area contributed by atoms with E-state index in [1.807, 2.05) is 13.1 Å². The lowest BCUT2D eigenvalue weighted by atomic mass is 9.89. The SMILES string of the molecule is Cc1ccc(C2CCNC2c2ccccc2)cn1. The third-order valence-electron chi connectivity index (χ3n) is 3.74. The van der Waals surface area contributed by atoms with E-state index in [1.165, 1.54) is 17.5 Å². The summed E-state index contributed by atoms with van der Waals surface area (Å²) in [6.07, 6.45) is 3.22. The van der Waals surface area contributed by atoms with Gasteiger partial charge < -0.3 is 5.32 Å². The number of nitrogens with zero attached hydrogens (tertiary/aromatic N) is 1. The molecule has 2 aromatic rings. The quantitative estimate of drug-likeness (QED) is 0.869. The summed E-state index contributed by atoms with van der Waals surface area (Å²) in [6.45, 7) is 3.11. The topological polar surface area (TPSA) is 24.9 Å². The zero-order valence-electron chi connectivity index (χ0n) is 10.6. The monoisotopic (exact) mass is 238 g/mol. The van der Waals surface area contributed by atoms with E-state index in [1.54, 1.807) is 0 Å². The summed E-state index contributed by atoms with van der Waals surface area (Å²) in [6, 6.07) is 15.5. The van der Waals surface area contributed by atoms with E-state index in [0.29, 0.717) is 12.0 Å². The lowest BCUT2D eigenvalue weighted by molar-refractivity contribution is 0.576. The standard InChI is InChI=1S/C16H18N2/c1-12-7-8-14(11-18-12)15-9-10-17-16(15)13-5-3-2-4-6-13/h2-8,11,15-17H,9-10H2,1H3. The second-order valence-corrected chi connectivity index (χ2v) is 4.97. The maximum atomic E-state index is 4.42. The van der Waals surface area contributed by atoms with Crippen molar-refractivity contribution >= 4 is 0 Å². The highest BCUT2D eigenvalue weighted by Gasteiger charge is 2.29. The Labute approximate surface area is 108 Å². The molecule has 18 heavy (non-hydrogen) atoms. The molecule has 1 N–H and O–H groups in total. The maximum absolute atomic E-state index is 4.42. The number of hydrogen-bond donors (Lipinski definition) is 1. The van der Waals surface area contributed by atoms with Crippen LogP contribution in [-0.4, -0.2) is 11.5 Å². The van der Waals surface area contributed by atoms with Gasteiger partial charge in [0.2, 0.25) is 0 Å². The molecule has 1 aromatic heterocycles. The minimum atomic E-state index is 0.427. The Balaban J connectivity index is 1.90. The van der Waals surface area contributed by atoms with Gasteiger partial charge in [-0.25, -0.2) is 0 Å². The third-order valence-corrected chi connectivity index (χ3v) is 3.74. The highest BCUT2D eigenvalue weighted by molar-refractivity contribution is 5.28. The van der Waals surface area contributed by atoms with E-state index in [2.05, 4.69) is 52.8 Å². The van der Waals surface area contributed by atoms with Gasteiger partial charge in [-0.3, -0.25) is 4.98 Å². The van der Waals surface area contributed by atoms with Crippen LogP contribution in [0.4, 0.5) is 0 Å². The summed E-state index contributed by atoms with van der Waals surface area (Å²) >= 11 is 0. The van der Waals surface area contributed by atoms with Crippen LogP contribution in [0.2, 0.25) is 0 Å². The van der Waals surface area contributed by atoms with E-state index in [0.717, 1.165) is 12.2 Å². The lowest BCUT2D eigenvalue weighted by Gasteiger charge is -2.20. The van der Waals surface area contributed by atoms with Gasteiger partial charge in [-0.2, -0.15) is 0 Å². The van der Waals surface area contributed by atoms with Crippen LogP contribution < -0.4 is 5.32 Å². The summed E-state index contributed by atoms with van der Waals surface area (Å²) in [7, 11) is 0. The van der Waals surface area contributed by atoms with Crippen molar-refractivity contribution in [3.63, 3.8) is 0 Å². The molecule has 92 valence electrons. The molecule has 1 aromatic carbocycles. The van der Waals surface area contributed by atoms with E-state index < -0.39 is 0 Å². The van der Waals surface area contributed by atoms with Gasteiger partial charge in [0.1, 0.15) is 0 Å². The molecule has 0 bridgehead atoms. The fourth-order valence-electron chi connectivity index (χ4n) is 2.77. The number of rotatable bonds is 2. The van der Waals surface area contributed by atoms with Gasteiger partial charge in [0.05, 0.1) is 0 Å². The summed E-state index contributed by atoms with van der Waals surface area (Å²) in [5.41, 5.74) is 3.81. The molecule has 3 rings (SSSR count). The molecule has 1 fully saturated rings. The Morgan fingerprint density at radius 1 is 1.06 bits per heavy atom. The maximum Gasteiger partial charge on any atom is 0.0390 e. The Kier molecular flexibility index (Phi) is 3.11. The normalized spacial score (nSPS) is 23.2. The second-order valence-electron chi connectivity index (χ2n) is 4.97. The number of nitrogens with one attached hydrogen (secondary N) is 1. The van der Waals surface area contributed by atoms with Crippen molar-refractivity contribution < 1.29 is 0 Å². The number of aromatic nitrogens is 1. The molecule has 1 aliphatic rings. The van der Waals surface area contributed by atoms with Crippen molar-refractivity contribution in [3.05, 3.63) is 65.5 Å². The molecular weight excluding hydrogens is 220 g/mol. The molecular formula is C16H18N2. The van der Waals surface area contributed by atoms with E-state index >= 15 is 0 Å². The molecule has 0 amide bonds. The first-order valence-electron chi connectivity index (χ1n) is 6.55. The Morgan fingerprint density at radius 2 is 1.89 bits per heavy atom. The molecule has 0 spiro atoms. The average Bonchev–Trinajstić information content (AvgIpc) is 2.90. The summed E-state index contributed by atoms with van der Waals surface area (Å²) in [5, 5.41) is 3.61. The molecule has 2 nitrogen and oxygen atoms in total. The molecule has 2 unspecified atom stereocenters. The van der Waals surface area contributed by atoms with Crippen molar-refractivity contribution in [1.82, 2.24) is 10.3 Å². The van der Waals surface area contributed by atoms with Crippen LogP contribution >= 0.6 is 0 Å². The van der Waals surface area contributed by atoms with Crippen LogP contribution in [-0.2, 0) is 0 Å². The summed E-state index contributed by atoms with van der Waals surface area (Å²) < 4.78 is 0. The predicted octanol–water partition coefficient (Wildman–Crippen LogP) is 3.21. The average molecular weight is 238 g/mol.